The molecule has 0 aliphatic rings. The average molecular weight is 324 g/mol. The molecule has 1 rings (SSSR count). The second-order valence-corrected chi connectivity index (χ2v) is 5.14. The molecule has 0 saturated heterocycles. The molecule has 0 radical (unpaired) electrons. The van der Waals surface area contributed by atoms with Gasteiger partial charge in [-0.15, -0.1) is 0 Å². The van der Waals surface area contributed by atoms with Crippen LogP contribution < -0.4 is 29.6 Å². The molecule has 0 aliphatic carbocycles. The Bertz CT molecular complexity index is 624. The molecule has 0 heterocycles. The van der Waals surface area contributed by atoms with Gasteiger partial charge < -0.3 is 14.0 Å². The number of carbonyl (C=O) groups excluding carboxylic acids is 2. The molecule has 0 fully saturated rings. The number of carbonyl (C=O) groups is 2. The number of benzene rings is 1. The van der Waals surface area contributed by atoms with Crippen molar-refractivity contribution >= 4 is 22.1 Å². The van der Waals surface area contributed by atoms with Crippen molar-refractivity contribution in [1.82, 2.24) is 0 Å². The zero-order chi connectivity index (χ0) is 15.3. The predicted molar refractivity (Wildman–Crippen MR) is 66.3 cm³/mol. The summed E-state index contributed by atoms with van der Waals surface area (Å²) >= 11 is 0. The molecular formula is C12H13NaO7S. The summed E-state index contributed by atoms with van der Waals surface area (Å²) in [4.78, 5) is 22.2. The number of rotatable bonds is 5. The Kier molecular flexibility index (Phi) is 8.12. The Morgan fingerprint density at radius 2 is 1.86 bits per heavy atom. The van der Waals surface area contributed by atoms with Crippen LogP contribution in [0.2, 0.25) is 0 Å². The van der Waals surface area contributed by atoms with Crippen molar-refractivity contribution < 1.29 is 61.6 Å². The van der Waals surface area contributed by atoms with E-state index >= 15 is 0 Å². The average Bonchev–Trinajstić information content (AvgIpc) is 2.42. The number of hydrogen-bond donors (Lipinski definition) is 0. The number of methoxy groups -OCH3 is 1. The molecule has 0 aliphatic heterocycles. The third-order valence-corrected chi connectivity index (χ3v) is 3.21. The molecular weight excluding hydrogens is 311 g/mol. The maximum absolute atomic E-state index is 11.7. The van der Waals surface area contributed by atoms with Gasteiger partial charge in [-0.3, -0.25) is 0 Å². The fourth-order valence-corrected chi connectivity index (χ4v) is 2.11. The molecule has 0 N–H and O–H groups in total. The Labute approximate surface area is 144 Å². The van der Waals surface area contributed by atoms with Crippen molar-refractivity contribution in [1.29, 1.82) is 0 Å². The molecule has 110 valence electrons. The van der Waals surface area contributed by atoms with Crippen molar-refractivity contribution in [2.75, 3.05) is 13.7 Å². The van der Waals surface area contributed by atoms with Gasteiger partial charge in [0.05, 0.1) is 29.7 Å². The van der Waals surface area contributed by atoms with Crippen molar-refractivity contribution in [3.63, 3.8) is 0 Å². The minimum absolute atomic E-state index is 0. The summed E-state index contributed by atoms with van der Waals surface area (Å²) in [5.74, 6) is -1.75. The molecule has 0 spiro atoms. The molecule has 0 atom stereocenters. The van der Waals surface area contributed by atoms with Crippen molar-refractivity contribution in [3.05, 3.63) is 29.3 Å². The van der Waals surface area contributed by atoms with Crippen molar-refractivity contribution in [2.24, 2.45) is 0 Å². The smallest absolute Gasteiger partial charge is 0.744 e. The van der Waals surface area contributed by atoms with Crippen LogP contribution in [0.1, 0.15) is 34.1 Å². The maximum atomic E-state index is 11.7. The molecule has 1 aromatic carbocycles. The maximum Gasteiger partial charge on any atom is 1.00 e. The van der Waals surface area contributed by atoms with Crippen LogP contribution in [-0.4, -0.2) is 38.6 Å². The molecule has 9 heteroatoms. The number of ether oxygens (including phenoxy) is 2. The van der Waals surface area contributed by atoms with E-state index in [2.05, 4.69) is 4.74 Å². The van der Waals surface area contributed by atoms with Gasteiger partial charge >= 0.3 is 41.5 Å². The summed E-state index contributed by atoms with van der Waals surface area (Å²) in [6, 6.07) is 3.04. The number of esters is 2. The van der Waals surface area contributed by atoms with Gasteiger partial charge in [-0.25, -0.2) is 18.0 Å². The molecule has 1 aromatic rings. The Morgan fingerprint density at radius 1 is 1.24 bits per heavy atom. The second kappa shape index (κ2) is 8.50. The van der Waals surface area contributed by atoms with Crippen LogP contribution in [0.3, 0.4) is 0 Å². The zero-order valence-electron chi connectivity index (χ0n) is 11.9. The van der Waals surface area contributed by atoms with Crippen LogP contribution >= 0.6 is 0 Å². The van der Waals surface area contributed by atoms with E-state index in [4.69, 9.17) is 4.74 Å². The molecule has 0 bridgehead atoms. The van der Waals surface area contributed by atoms with E-state index in [9.17, 15) is 22.6 Å². The fourth-order valence-electron chi connectivity index (χ4n) is 1.42. The van der Waals surface area contributed by atoms with E-state index in [0.29, 0.717) is 6.42 Å². The molecule has 0 saturated carbocycles. The van der Waals surface area contributed by atoms with Gasteiger partial charge in [-0.1, -0.05) is 6.92 Å². The van der Waals surface area contributed by atoms with E-state index in [1.54, 1.807) is 6.92 Å². The van der Waals surface area contributed by atoms with E-state index in [1.165, 1.54) is 6.07 Å². The van der Waals surface area contributed by atoms with Gasteiger partial charge in [-0.05, 0) is 24.6 Å². The Balaban J connectivity index is 0.00000400. The molecule has 21 heavy (non-hydrogen) atoms. The van der Waals surface area contributed by atoms with E-state index in [-0.39, 0.29) is 41.7 Å². The number of hydrogen-bond acceptors (Lipinski definition) is 7. The van der Waals surface area contributed by atoms with Crippen LogP contribution in [0.15, 0.2) is 23.1 Å². The van der Waals surface area contributed by atoms with Gasteiger partial charge in [0.1, 0.15) is 10.1 Å². The third-order valence-electron chi connectivity index (χ3n) is 2.33. The Morgan fingerprint density at radius 3 is 2.33 bits per heavy atom. The van der Waals surface area contributed by atoms with Crippen LogP contribution in [-0.2, 0) is 19.6 Å². The normalized spacial score (nSPS) is 10.4. The third kappa shape index (κ3) is 5.40. The second-order valence-electron chi connectivity index (χ2n) is 3.79. The van der Waals surface area contributed by atoms with Crippen molar-refractivity contribution in [2.45, 2.75) is 18.2 Å². The van der Waals surface area contributed by atoms with Gasteiger partial charge in [0.25, 0.3) is 0 Å². The zero-order valence-corrected chi connectivity index (χ0v) is 14.7. The molecule has 0 aromatic heterocycles. The molecule has 7 nitrogen and oxygen atoms in total. The monoisotopic (exact) mass is 324 g/mol. The van der Waals surface area contributed by atoms with E-state index in [1.807, 2.05) is 0 Å². The minimum Gasteiger partial charge on any atom is -0.744 e. The van der Waals surface area contributed by atoms with Crippen LogP contribution in [0, 0.1) is 0 Å². The van der Waals surface area contributed by atoms with Crippen molar-refractivity contribution in [3.8, 4) is 0 Å². The van der Waals surface area contributed by atoms with Gasteiger partial charge in [0.2, 0.25) is 0 Å². The van der Waals surface area contributed by atoms with Crippen LogP contribution in [0.25, 0.3) is 0 Å². The minimum atomic E-state index is -4.93. The first-order valence-corrected chi connectivity index (χ1v) is 7.07. The van der Waals surface area contributed by atoms with Gasteiger partial charge in [-0.2, -0.15) is 0 Å². The SMILES string of the molecule is CCCOC(=O)c1ccc(C(=O)OC)cc1S(=O)(=O)[O-].[Na+]. The fraction of sp³-hybridized carbons (Fsp3) is 0.333. The summed E-state index contributed by atoms with van der Waals surface area (Å²) in [7, 11) is -3.82. The van der Waals surface area contributed by atoms with E-state index < -0.39 is 32.5 Å². The standard InChI is InChI=1S/C12H14O7S.Na/c1-3-6-19-12(14)9-5-4-8(11(13)18-2)7-10(9)20(15,16)17;/h4-5,7H,3,6H2,1-2H3,(H,15,16,17);/q;+1/p-1. The summed E-state index contributed by atoms with van der Waals surface area (Å²) < 4.78 is 42.7. The molecule has 0 unspecified atom stereocenters. The first-order valence-electron chi connectivity index (χ1n) is 5.66. The summed E-state index contributed by atoms with van der Waals surface area (Å²) in [6.45, 7) is 1.86. The quantitative estimate of drug-likeness (QED) is 0.348. The predicted octanol–water partition coefficient (Wildman–Crippen LogP) is -2.05. The van der Waals surface area contributed by atoms with Gasteiger partial charge in [0.15, 0.2) is 0 Å². The van der Waals surface area contributed by atoms with Crippen LogP contribution in [0.4, 0.5) is 0 Å². The van der Waals surface area contributed by atoms with E-state index in [0.717, 1.165) is 19.2 Å². The summed E-state index contributed by atoms with van der Waals surface area (Å²) in [6.07, 6.45) is 0.547. The summed E-state index contributed by atoms with van der Waals surface area (Å²) in [5, 5.41) is 0. The molecule has 0 amide bonds. The first kappa shape index (κ1) is 20.1. The topological polar surface area (TPSA) is 110 Å². The van der Waals surface area contributed by atoms with Crippen LogP contribution in [0.5, 0.6) is 0 Å². The van der Waals surface area contributed by atoms with Gasteiger partial charge in [0, 0.05) is 0 Å². The first-order chi connectivity index (χ1) is 9.31. The largest absolute Gasteiger partial charge is 1.00 e. The summed E-state index contributed by atoms with van der Waals surface area (Å²) in [5.41, 5.74) is -0.546. The Hall–Kier alpha value is -0.930.